The van der Waals surface area contributed by atoms with Gasteiger partial charge in [-0.3, -0.25) is 0 Å². The molecule has 84 valence electrons. The number of rotatable bonds is 3. The van der Waals surface area contributed by atoms with Gasteiger partial charge in [0.25, 0.3) is 0 Å². The van der Waals surface area contributed by atoms with E-state index in [0.29, 0.717) is 5.82 Å². The van der Waals surface area contributed by atoms with Gasteiger partial charge >= 0.3 is 10.2 Å². The smallest absolute Gasteiger partial charge is 0.237 e. The van der Waals surface area contributed by atoms with Crippen LogP contribution >= 0.6 is 0 Å². The van der Waals surface area contributed by atoms with E-state index in [1.807, 2.05) is 0 Å². The van der Waals surface area contributed by atoms with Crippen molar-refractivity contribution in [2.75, 3.05) is 0 Å². The Labute approximate surface area is 91.0 Å². The highest BCUT2D eigenvalue weighted by molar-refractivity contribution is 7.85. The van der Waals surface area contributed by atoms with Crippen LogP contribution in [0.3, 0.4) is 0 Å². The lowest BCUT2D eigenvalue weighted by Gasteiger charge is -2.00. The maximum Gasteiger partial charge on any atom is 0.306 e. The number of nitrogens with zero attached hydrogens (tertiary/aromatic N) is 4. The number of aromatic nitrogens is 4. The van der Waals surface area contributed by atoms with Gasteiger partial charge < -0.3 is 0 Å². The molecule has 8 heteroatoms. The van der Waals surface area contributed by atoms with Gasteiger partial charge in [-0.05, 0) is 11.6 Å². The maximum absolute atomic E-state index is 12.4. The third-order valence-electron chi connectivity index (χ3n) is 1.80. The third kappa shape index (κ3) is 2.60. The Morgan fingerprint density at radius 1 is 1.38 bits per heavy atom. The SMILES string of the molecule is O=S(=O)(F)Cc1ccc(-n2cncn2)nc1. The molecule has 0 aliphatic carbocycles. The molecule has 0 spiro atoms. The Bertz CT molecular complexity index is 565. The Hall–Kier alpha value is -1.83. The van der Waals surface area contributed by atoms with E-state index in [2.05, 4.69) is 15.1 Å². The summed E-state index contributed by atoms with van der Waals surface area (Å²) in [5, 5.41) is 3.84. The number of pyridine rings is 1. The zero-order valence-electron chi connectivity index (χ0n) is 7.99. The van der Waals surface area contributed by atoms with Crippen molar-refractivity contribution in [3.05, 3.63) is 36.5 Å². The standard InChI is InChI=1S/C8H7FN4O2S/c9-16(14,15)4-7-1-2-8(11-3-7)13-6-10-5-12-13/h1-3,5-6H,4H2. The molecular weight excluding hydrogens is 235 g/mol. The average Bonchev–Trinajstić information content (AvgIpc) is 2.69. The van der Waals surface area contributed by atoms with E-state index in [-0.39, 0.29) is 5.56 Å². The second kappa shape index (κ2) is 3.97. The van der Waals surface area contributed by atoms with E-state index in [4.69, 9.17) is 0 Å². The molecule has 0 atom stereocenters. The fourth-order valence-corrected chi connectivity index (χ4v) is 1.73. The molecule has 2 rings (SSSR count). The number of halogens is 1. The first-order valence-corrected chi connectivity index (χ1v) is 5.82. The Morgan fingerprint density at radius 3 is 2.69 bits per heavy atom. The van der Waals surface area contributed by atoms with E-state index in [0.717, 1.165) is 0 Å². The summed E-state index contributed by atoms with van der Waals surface area (Å²) in [7, 11) is -4.52. The second-order valence-electron chi connectivity index (χ2n) is 3.05. The predicted molar refractivity (Wildman–Crippen MR) is 52.9 cm³/mol. The van der Waals surface area contributed by atoms with Crippen molar-refractivity contribution < 1.29 is 12.3 Å². The minimum Gasteiger partial charge on any atom is -0.237 e. The normalized spacial score (nSPS) is 11.6. The van der Waals surface area contributed by atoms with Crippen molar-refractivity contribution >= 4 is 10.2 Å². The van der Waals surface area contributed by atoms with Crippen molar-refractivity contribution in [3.63, 3.8) is 0 Å². The molecule has 0 radical (unpaired) electrons. The van der Waals surface area contributed by atoms with E-state index in [1.165, 1.54) is 35.7 Å². The van der Waals surface area contributed by atoms with Gasteiger partial charge in [-0.2, -0.15) is 13.5 Å². The molecule has 0 N–H and O–H groups in total. The quantitative estimate of drug-likeness (QED) is 0.731. The molecule has 2 aromatic rings. The van der Waals surface area contributed by atoms with Gasteiger partial charge in [0.05, 0.1) is 0 Å². The van der Waals surface area contributed by atoms with Crippen molar-refractivity contribution in [1.82, 2.24) is 19.7 Å². The number of hydrogen-bond acceptors (Lipinski definition) is 5. The zero-order valence-corrected chi connectivity index (χ0v) is 8.80. The summed E-state index contributed by atoms with van der Waals surface area (Å²) in [6.07, 6.45) is 4.09. The predicted octanol–water partition coefficient (Wildman–Crippen LogP) is 0.462. The summed E-state index contributed by atoms with van der Waals surface area (Å²) in [6.45, 7) is 0. The average molecular weight is 242 g/mol. The van der Waals surface area contributed by atoms with Gasteiger partial charge in [-0.1, -0.05) is 6.07 Å². The first kappa shape index (κ1) is 10.7. The van der Waals surface area contributed by atoms with Crippen LogP contribution in [0.1, 0.15) is 5.56 Å². The molecule has 0 saturated heterocycles. The van der Waals surface area contributed by atoms with Crippen molar-refractivity contribution in [2.45, 2.75) is 5.75 Å². The van der Waals surface area contributed by atoms with Gasteiger partial charge in [-0.15, -0.1) is 3.89 Å². The Balaban J connectivity index is 2.24. The lowest BCUT2D eigenvalue weighted by Crippen LogP contribution is -2.00. The molecule has 0 aromatic carbocycles. The van der Waals surface area contributed by atoms with Gasteiger partial charge in [0, 0.05) is 6.20 Å². The van der Waals surface area contributed by atoms with Crippen LogP contribution in [0.25, 0.3) is 5.82 Å². The van der Waals surface area contributed by atoms with Crippen molar-refractivity contribution in [3.8, 4) is 5.82 Å². The van der Waals surface area contributed by atoms with E-state index in [9.17, 15) is 12.3 Å². The van der Waals surface area contributed by atoms with Gasteiger partial charge in [0.1, 0.15) is 18.4 Å². The molecule has 0 fully saturated rings. The van der Waals surface area contributed by atoms with Gasteiger partial charge in [-0.25, -0.2) is 14.6 Å². The van der Waals surface area contributed by atoms with Crippen LogP contribution in [-0.2, 0) is 16.0 Å². The molecule has 0 aliphatic rings. The Kier molecular flexibility index (Phi) is 2.65. The fourth-order valence-electron chi connectivity index (χ4n) is 1.16. The van der Waals surface area contributed by atoms with Crippen LogP contribution in [0, 0.1) is 0 Å². The van der Waals surface area contributed by atoms with E-state index < -0.39 is 16.0 Å². The van der Waals surface area contributed by atoms with E-state index >= 15 is 0 Å². The lowest BCUT2D eigenvalue weighted by molar-refractivity contribution is 0.551. The van der Waals surface area contributed by atoms with Crippen molar-refractivity contribution in [2.24, 2.45) is 0 Å². The highest BCUT2D eigenvalue weighted by Crippen LogP contribution is 2.08. The summed E-state index contributed by atoms with van der Waals surface area (Å²) in [5.41, 5.74) is 0.284. The topological polar surface area (TPSA) is 77.7 Å². The molecule has 0 amide bonds. The first-order valence-electron chi connectivity index (χ1n) is 4.27. The molecular formula is C8H7FN4O2S. The molecule has 0 bridgehead atoms. The summed E-state index contributed by atoms with van der Waals surface area (Å²) in [5.74, 6) is -0.185. The van der Waals surface area contributed by atoms with Gasteiger partial charge in [0.15, 0.2) is 5.82 Å². The second-order valence-corrected chi connectivity index (χ2v) is 4.41. The maximum atomic E-state index is 12.4. The molecule has 0 aliphatic heterocycles. The highest BCUT2D eigenvalue weighted by Gasteiger charge is 2.09. The molecule has 6 nitrogen and oxygen atoms in total. The van der Waals surface area contributed by atoms with Crippen LogP contribution in [0.15, 0.2) is 31.0 Å². The van der Waals surface area contributed by atoms with Gasteiger partial charge in [0.2, 0.25) is 0 Å². The fraction of sp³-hybridized carbons (Fsp3) is 0.125. The third-order valence-corrected chi connectivity index (χ3v) is 2.48. The highest BCUT2D eigenvalue weighted by atomic mass is 32.3. The molecule has 16 heavy (non-hydrogen) atoms. The van der Waals surface area contributed by atoms with Crippen LogP contribution in [-0.4, -0.2) is 28.2 Å². The minimum atomic E-state index is -4.52. The molecule has 2 aromatic heterocycles. The zero-order chi connectivity index (χ0) is 11.6. The molecule has 0 unspecified atom stereocenters. The van der Waals surface area contributed by atoms with Crippen LogP contribution in [0.4, 0.5) is 3.89 Å². The largest absolute Gasteiger partial charge is 0.306 e. The monoisotopic (exact) mass is 242 g/mol. The first-order chi connectivity index (χ1) is 7.54. The summed E-state index contributed by atoms with van der Waals surface area (Å²) < 4.78 is 34.6. The summed E-state index contributed by atoms with van der Waals surface area (Å²) in [4.78, 5) is 7.67. The lowest BCUT2D eigenvalue weighted by atomic mass is 10.3. The molecule has 0 saturated carbocycles. The summed E-state index contributed by atoms with van der Waals surface area (Å²) >= 11 is 0. The number of hydrogen-bond donors (Lipinski definition) is 0. The van der Waals surface area contributed by atoms with Crippen molar-refractivity contribution in [1.29, 1.82) is 0 Å². The van der Waals surface area contributed by atoms with Crippen LogP contribution < -0.4 is 0 Å². The minimum absolute atomic E-state index is 0.284. The van der Waals surface area contributed by atoms with Crippen LogP contribution in [0.2, 0.25) is 0 Å². The Morgan fingerprint density at radius 2 is 2.19 bits per heavy atom. The van der Waals surface area contributed by atoms with Crippen LogP contribution in [0.5, 0.6) is 0 Å². The summed E-state index contributed by atoms with van der Waals surface area (Å²) in [6, 6.07) is 3.01. The molecule has 2 heterocycles. The van der Waals surface area contributed by atoms with E-state index in [1.54, 1.807) is 0 Å².